The number of benzene rings is 1. The smallest absolute Gasteiger partial charge is 0.138 e. The van der Waals surface area contributed by atoms with Crippen molar-refractivity contribution in [2.24, 2.45) is 5.92 Å². The van der Waals surface area contributed by atoms with Crippen molar-refractivity contribution in [3.8, 4) is 0 Å². The molecule has 1 unspecified atom stereocenters. The average Bonchev–Trinajstić information content (AvgIpc) is 2.53. The normalized spacial score (nSPS) is 14.0. The summed E-state index contributed by atoms with van der Waals surface area (Å²) in [5.41, 5.74) is 1.55. The minimum Gasteiger partial charge on any atom is -0.266 e. The number of hydrogen-bond donors (Lipinski definition) is 0. The van der Waals surface area contributed by atoms with Crippen LogP contribution >= 0.6 is 0 Å². The summed E-state index contributed by atoms with van der Waals surface area (Å²) in [7, 11) is -1.77. The number of aryl methyl sites for hydroxylation is 1. The number of nitrogens with zero attached hydrogens (tertiary/aromatic N) is 1. The lowest BCUT2D eigenvalue weighted by Crippen LogP contribution is -2.58. The summed E-state index contributed by atoms with van der Waals surface area (Å²) in [5.74, 6) is 0.693. The van der Waals surface area contributed by atoms with Crippen molar-refractivity contribution in [1.29, 1.82) is 0 Å². The third-order valence-electron chi connectivity index (χ3n) is 4.46. The minimum atomic E-state index is -1.77. The molecule has 0 aliphatic rings. The molecule has 0 radical (unpaired) electrons. The van der Waals surface area contributed by atoms with Gasteiger partial charge >= 0.3 is 0 Å². The van der Waals surface area contributed by atoms with E-state index in [-0.39, 0.29) is 0 Å². The molecule has 0 saturated carbocycles. The molecule has 1 nitrogen and oxygen atoms in total. The third-order valence-corrected chi connectivity index (χ3v) is 9.19. The van der Waals surface area contributed by atoms with Crippen molar-refractivity contribution in [3.63, 3.8) is 0 Å². The Labute approximate surface area is 136 Å². The van der Waals surface area contributed by atoms with Gasteiger partial charge in [0.1, 0.15) is 8.07 Å². The molecule has 0 aliphatic heterocycles. The van der Waals surface area contributed by atoms with E-state index in [1.807, 2.05) is 12.3 Å². The highest BCUT2D eigenvalue weighted by Gasteiger charge is 2.35. The summed E-state index contributed by atoms with van der Waals surface area (Å²) in [6, 6.07) is 16.8. The molecule has 2 heteroatoms. The molecular weight excluding hydrogens is 282 g/mol. The van der Waals surface area contributed by atoms with Crippen LogP contribution in [0.5, 0.6) is 0 Å². The Morgan fingerprint density at radius 3 is 2.41 bits per heavy atom. The van der Waals surface area contributed by atoms with E-state index in [0.717, 1.165) is 0 Å². The first kappa shape index (κ1) is 16.9. The summed E-state index contributed by atoms with van der Waals surface area (Å²) in [5, 5.41) is 2.92. The van der Waals surface area contributed by atoms with Crippen LogP contribution in [0.3, 0.4) is 0 Å². The molecule has 2 aromatic rings. The Balaban J connectivity index is 2.50. The van der Waals surface area contributed by atoms with E-state index in [2.05, 4.69) is 63.7 Å². The molecule has 1 atom stereocenters. The number of unbranched alkanes of at least 4 members (excludes halogenated alkanes) is 1. The first-order valence-electron chi connectivity index (χ1n) is 8.57. The lowest BCUT2D eigenvalue weighted by atomic mass is 10.1. The summed E-state index contributed by atoms with van der Waals surface area (Å²) in [6.07, 6.45) is 5.67. The van der Waals surface area contributed by atoms with Gasteiger partial charge in [-0.15, -0.1) is 0 Å². The molecule has 2 rings (SSSR count). The highest BCUT2D eigenvalue weighted by atomic mass is 28.3. The van der Waals surface area contributed by atoms with Gasteiger partial charge in [-0.3, -0.25) is 4.98 Å². The SMILES string of the molecule is CCCCc1ccccc1[Si](C)(CC(C)C)c1ccccn1. The molecule has 0 N–H and O–H groups in total. The molecule has 22 heavy (non-hydrogen) atoms. The van der Waals surface area contributed by atoms with Gasteiger partial charge in [-0.25, -0.2) is 0 Å². The Bertz CT molecular complexity index is 579. The van der Waals surface area contributed by atoms with Crippen LogP contribution in [-0.4, -0.2) is 13.1 Å². The van der Waals surface area contributed by atoms with Crippen LogP contribution in [0, 0.1) is 5.92 Å². The maximum Gasteiger partial charge on any atom is 0.138 e. The minimum absolute atomic E-state index is 0.693. The van der Waals surface area contributed by atoms with Crippen molar-refractivity contribution in [2.45, 2.75) is 52.6 Å². The summed E-state index contributed by atoms with van der Waals surface area (Å²) in [4.78, 5) is 4.76. The quantitative estimate of drug-likeness (QED) is 0.696. The molecule has 0 fully saturated rings. The van der Waals surface area contributed by atoms with Crippen molar-refractivity contribution >= 4 is 18.6 Å². The van der Waals surface area contributed by atoms with Gasteiger partial charge in [0.2, 0.25) is 0 Å². The maximum absolute atomic E-state index is 4.76. The van der Waals surface area contributed by atoms with Crippen LogP contribution in [-0.2, 0) is 6.42 Å². The lowest BCUT2D eigenvalue weighted by Gasteiger charge is -2.31. The first-order chi connectivity index (χ1) is 10.6. The van der Waals surface area contributed by atoms with Crippen LogP contribution in [0.15, 0.2) is 48.7 Å². The molecule has 0 bridgehead atoms. The zero-order valence-electron chi connectivity index (χ0n) is 14.5. The van der Waals surface area contributed by atoms with Gasteiger partial charge in [0.25, 0.3) is 0 Å². The van der Waals surface area contributed by atoms with Crippen molar-refractivity contribution < 1.29 is 0 Å². The number of pyridine rings is 1. The molecule has 1 aromatic heterocycles. The highest BCUT2D eigenvalue weighted by molar-refractivity contribution is 7.01. The Morgan fingerprint density at radius 2 is 1.77 bits per heavy atom. The second-order valence-corrected chi connectivity index (χ2v) is 11.0. The fourth-order valence-electron chi connectivity index (χ4n) is 3.50. The molecule has 118 valence electrons. The monoisotopic (exact) mass is 311 g/mol. The molecular formula is C20H29NSi. The molecule has 0 saturated heterocycles. The molecule has 0 amide bonds. The first-order valence-corrected chi connectivity index (χ1v) is 11.3. The van der Waals surface area contributed by atoms with Crippen molar-refractivity contribution in [2.75, 3.05) is 0 Å². The zero-order chi connectivity index (χ0) is 16.0. The van der Waals surface area contributed by atoms with Gasteiger partial charge in [-0.2, -0.15) is 0 Å². The van der Waals surface area contributed by atoms with E-state index >= 15 is 0 Å². The van der Waals surface area contributed by atoms with Crippen molar-refractivity contribution in [1.82, 2.24) is 4.98 Å². The molecule has 0 spiro atoms. The topological polar surface area (TPSA) is 12.9 Å². The Kier molecular flexibility index (Phi) is 5.96. The predicted molar refractivity (Wildman–Crippen MR) is 99.8 cm³/mol. The third kappa shape index (κ3) is 3.86. The van der Waals surface area contributed by atoms with E-state index in [0.29, 0.717) is 5.92 Å². The van der Waals surface area contributed by atoms with E-state index in [1.54, 1.807) is 10.8 Å². The summed E-state index contributed by atoms with van der Waals surface area (Å²) in [6.45, 7) is 9.44. The van der Waals surface area contributed by atoms with Crippen LogP contribution < -0.4 is 10.5 Å². The van der Waals surface area contributed by atoms with Crippen LogP contribution in [0.1, 0.15) is 39.2 Å². The van der Waals surface area contributed by atoms with Gasteiger partial charge < -0.3 is 0 Å². The standard InChI is InChI=1S/C20H29NSi/c1-5-6-11-18-12-7-8-13-19(18)22(4,16-17(2)3)20-14-9-10-15-21-20/h7-10,12-15,17H,5-6,11,16H2,1-4H3. The van der Waals surface area contributed by atoms with E-state index in [9.17, 15) is 0 Å². The average molecular weight is 312 g/mol. The number of hydrogen-bond acceptors (Lipinski definition) is 1. The number of aromatic nitrogens is 1. The summed E-state index contributed by atoms with van der Waals surface area (Å²) >= 11 is 0. The second-order valence-electron chi connectivity index (χ2n) is 6.91. The van der Waals surface area contributed by atoms with Gasteiger partial charge in [0.05, 0.1) is 0 Å². The van der Waals surface area contributed by atoms with Crippen LogP contribution in [0.4, 0.5) is 0 Å². The summed E-state index contributed by atoms with van der Waals surface area (Å²) < 4.78 is 0. The fourth-order valence-corrected chi connectivity index (χ4v) is 8.04. The van der Waals surface area contributed by atoms with Gasteiger partial charge in [-0.1, -0.05) is 64.1 Å². The van der Waals surface area contributed by atoms with E-state index < -0.39 is 8.07 Å². The predicted octanol–water partition coefficient (Wildman–Crippen LogP) is 4.27. The maximum atomic E-state index is 4.76. The van der Waals surface area contributed by atoms with Crippen LogP contribution in [0.25, 0.3) is 0 Å². The highest BCUT2D eigenvalue weighted by Crippen LogP contribution is 2.19. The van der Waals surface area contributed by atoms with E-state index in [4.69, 9.17) is 4.98 Å². The van der Waals surface area contributed by atoms with E-state index in [1.165, 1.54) is 30.6 Å². The molecule has 0 aliphatic carbocycles. The van der Waals surface area contributed by atoms with Gasteiger partial charge in [0.15, 0.2) is 0 Å². The number of rotatable bonds is 7. The second kappa shape index (κ2) is 7.73. The Morgan fingerprint density at radius 1 is 1.05 bits per heavy atom. The van der Waals surface area contributed by atoms with Crippen molar-refractivity contribution in [3.05, 3.63) is 54.2 Å². The Hall–Kier alpha value is -1.41. The van der Waals surface area contributed by atoms with Gasteiger partial charge in [0, 0.05) is 11.5 Å². The lowest BCUT2D eigenvalue weighted by molar-refractivity contribution is 0.723. The fraction of sp³-hybridized carbons (Fsp3) is 0.450. The zero-order valence-corrected chi connectivity index (χ0v) is 15.5. The molecule has 1 heterocycles. The van der Waals surface area contributed by atoms with Crippen LogP contribution in [0.2, 0.25) is 12.6 Å². The van der Waals surface area contributed by atoms with Gasteiger partial charge in [-0.05, 0) is 47.7 Å². The largest absolute Gasteiger partial charge is 0.266 e. The molecule has 1 aromatic carbocycles.